The number of fused-ring (bicyclic) bond motifs is 2. The fourth-order valence-electron chi connectivity index (χ4n) is 1.76. The van der Waals surface area contributed by atoms with Gasteiger partial charge in [-0.2, -0.15) is 10.4 Å². The van der Waals surface area contributed by atoms with E-state index in [1.165, 1.54) is 11.8 Å². The van der Waals surface area contributed by atoms with Crippen molar-refractivity contribution in [3.63, 3.8) is 0 Å². The molecule has 1 saturated carbocycles. The molecule has 2 aliphatic rings. The van der Waals surface area contributed by atoms with Gasteiger partial charge in [-0.25, -0.2) is 0 Å². The van der Waals surface area contributed by atoms with Crippen LogP contribution in [0.1, 0.15) is 24.1 Å². The largest absolute Gasteiger partial charge is 0.274 e. The molecule has 1 fully saturated rings. The van der Waals surface area contributed by atoms with Crippen molar-refractivity contribution in [1.29, 1.82) is 5.26 Å². The molecule has 1 spiro atoms. The van der Waals surface area contributed by atoms with E-state index in [-0.39, 0.29) is 5.54 Å². The fourth-order valence-corrected chi connectivity index (χ4v) is 3.08. The van der Waals surface area contributed by atoms with Crippen LogP contribution in [0.25, 0.3) is 0 Å². The topological polar surface area (TPSA) is 64.8 Å². The molecule has 0 radical (unpaired) electrons. The first-order valence-corrected chi connectivity index (χ1v) is 5.79. The Morgan fingerprint density at radius 3 is 3.07 bits per heavy atom. The van der Waals surface area contributed by atoms with Crippen molar-refractivity contribution < 1.29 is 0 Å². The van der Waals surface area contributed by atoms with E-state index in [2.05, 4.69) is 15.2 Å². The maximum atomic E-state index is 8.87. The number of hydrogen-bond donors (Lipinski definition) is 1. The summed E-state index contributed by atoms with van der Waals surface area (Å²) in [7, 11) is 0. The van der Waals surface area contributed by atoms with Crippen molar-refractivity contribution in [2.24, 2.45) is 4.99 Å². The number of rotatable bonds is 0. The van der Waals surface area contributed by atoms with E-state index in [9.17, 15) is 0 Å². The molecule has 1 aromatic heterocycles. The van der Waals surface area contributed by atoms with Crippen LogP contribution in [0.5, 0.6) is 0 Å². The van der Waals surface area contributed by atoms with Crippen LogP contribution < -0.4 is 0 Å². The third kappa shape index (κ3) is 1.17. The van der Waals surface area contributed by atoms with Crippen LogP contribution >= 0.6 is 24.0 Å². The second kappa shape index (κ2) is 2.90. The lowest BCUT2D eigenvalue weighted by atomic mass is 10.1. The van der Waals surface area contributed by atoms with Gasteiger partial charge in [0.05, 0.1) is 15.6 Å². The molecule has 4 nitrogen and oxygen atoms in total. The monoisotopic (exact) mass is 234 g/mol. The van der Waals surface area contributed by atoms with E-state index < -0.39 is 0 Å². The summed E-state index contributed by atoms with van der Waals surface area (Å²) in [6, 6.07) is 2.00. The van der Waals surface area contributed by atoms with Gasteiger partial charge in [0.15, 0.2) is 5.69 Å². The third-order valence-corrected chi connectivity index (χ3v) is 3.84. The van der Waals surface area contributed by atoms with Gasteiger partial charge in [0.2, 0.25) is 0 Å². The molecule has 1 aromatic rings. The first-order valence-electron chi connectivity index (χ1n) is 4.50. The van der Waals surface area contributed by atoms with Gasteiger partial charge in [0.25, 0.3) is 0 Å². The number of nitriles is 1. The van der Waals surface area contributed by atoms with E-state index in [1.54, 1.807) is 0 Å². The van der Waals surface area contributed by atoms with Crippen LogP contribution in [0, 0.1) is 15.8 Å². The summed E-state index contributed by atoms with van der Waals surface area (Å²) >= 11 is 6.75. The predicted octanol–water partition coefficient (Wildman–Crippen LogP) is 2.13. The number of thioether (sulfide) groups is 1. The Bertz CT molecular complexity index is 562. The standard InChI is InChI=1S/C9H6N4S2/c10-3-5-7(14)6-8(13-12-5)15-4-11-9(6)1-2-9/h4H,1-2H2,(H,13,14). The van der Waals surface area contributed by atoms with Crippen LogP contribution in [0.4, 0.5) is 0 Å². The summed E-state index contributed by atoms with van der Waals surface area (Å²) in [4.78, 5) is 4.46. The predicted molar refractivity (Wildman–Crippen MR) is 59.4 cm³/mol. The Hall–Kier alpha value is -1.19. The molecule has 2 heterocycles. The molecule has 6 heteroatoms. The molecule has 1 aliphatic heterocycles. The quantitative estimate of drug-likeness (QED) is 0.698. The number of aromatic nitrogens is 2. The van der Waals surface area contributed by atoms with E-state index in [0.29, 0.717) is 10.2 Å². The average Bonchev–Trinajstić information content (AvgIpc) is 2.99. The zero-order valence-corrected chi connectivity index (χ0v) is 9.28. The average molecular weight is 234 g/mol. The molecule has 3 rings (SSSR count). The number of nitrogens with one attached hydrogen (secondary N) is 1. The first kappa shape index (κ1) is 9.07. The molecule has 74 valence electrons. The second-order valence-corrected chi connectivity index (χ2v) is 4.86. The van der Waals surface area contributed by atoms with Gasteiger partial charge in [0, 0.05) is 5.56 Å². The summed E-state index contributed by atoms with van der Waals surface area (Å²) in [5, 5.41) is 16.6. The molecule has 1 aliphatic carbocycles. The fraction of sp³-hybridized carbons (Fsp3) is 0.333. The maximum absolute atomic E-state index is 8.87. The number of aromatic amines is 1. The summed E-state index contributed by atoms with van der Waals surface area (Å²) in [5.74, 6) is 0. The lowest BCUT2D eigenvalue weighted by molar-refractivity contribution is 0.691. The van der Waals surface area contributed by atoms with Crippen molar-refractivity contribution in [2.75, 3.05) is 0 Å². The minimum Gasteiger partial charge on any atom is -0.274 e. The van der Waals surface area contributed by atoms with Gasteiger partial charge in [0.1, 0.15) is 11.1 Å². The molecular formula is C9H6N4S2. The summed E-state index contributed by atoms with van der Waals surface area (Å²) in [6.45, 7) is 0. The van der Waals surface area contributed by atoms with Crippen LogP contribution in [0.2, 0.25) is 0 Å². The van der Waals surface area contributed by atoms with Crippen LogP contribution in [-0.4, -0.2) is 15.7 Å². The second-order valence-electron chi connectivity index (χ2n) is 3.60. The Labute approximate surface area is 95.4 Å². The van der Waals surface area contributed by atoms with Gasteiger partial charge in [-0.1, -0.05) is 24.0 Å². The Balaban J connectivity index is 2.33. The molecule has 1 N–H and O–H groups in total. The van der Waals surface area contributed by atoms with Crippen molar-refractivity contribution in [2.45, 2.75) is 23.4 Å². The van der Waals surface area contributed by atoms with E-state index in [4.69, 9.17) is 17.5 Å². The van der Waals surface area contributed by atoms with Crippen LogP contribution in [-0.2, 0) is 5.54 Å². The van der Waals surface area contributed by atoms with E-state index >= 15 is 0 Å². The zero-order chi connectivity index (χ0) is 10.5. The highest BCUT2D eigenvalue weighted by Gasteiger charge is 2.48. The zero-order valence-electron chi connectivity index (χ0n) is 7.65. The van der Waals surface area contributed by atoms with Gasteiger partial charge >= 0.3 is 0 Å². The van der Waals surface area contributed by atoms with Crippen LogP contribution in [0.3, 0.4) is 0 Å². The Morgan fingerprint density at radius 1 is 1.60 bits per heavy atom. The number of nitrogens with zero attached hydrogens (tertiary/aromatic N) is 3. The summed E-state index contributed by atoms with van der Waals surface area (Å²) in [5.41, 5.74) is 2.99. The normalized spacial score (nSPS) is 19.7. The van der Waals surface area contributed by atoms with E-state index in [0.717, 1.165) is 23.4 Å². The van der Waals surface area contributed by atoms with Gasteiger partial charge in [-0.05, 0) is 12.8 Å². The van der Waals surface area contributed by atoms with E-state index in [1.807, 2.05) is 11.6 Å². The molecule has 0 amide bonds. The Morgan fingerprint density at radius 2 is 2.40 bits per heavy atom. The maximum Gasteiger partial charge on any atom is 0.179 e. The highest BCUT2D eigenvalue weighted by atomic mass is 32.2. The number of H-pyrrole nitrogens is 1. The number of aliphatic imine (C=N–C) groups is 1. The molecule has 0 aromatic carbocycles. The van der Waals surface area contributed by atoms with Gasteiger partial charge in [-0.3, -0.25) is 10.1 Å². The van der Waals surface area contributed by atoms with Gasteiger partial charge < -0.3 is 0 Å². The molecule has 0 unspecified atom stereocenters. The first-order chi connectivity index (χ1) is 7.27. The van der Waals surface area contributed by atoms with Crippen molar-refractivity contribution >= 4 is 29.5 Å². The highest BCUT2D eigenvalue weighted by Crippen LogP contribution is 2.54. The Kier molecular flexibility index (Phi) is 1.75. The smallest absolute Gasteiger partial charge is 0.179 e. The van der Waals surface area contributed by atoms with Crippen molar-refractivity contribution in [1.82, 2.24) is 10.2 Å². The van der Waals surface area contributed by atoms with Crippen molar-refractivity contribution in [3.8, 4) is 6.07 Å². The minimum atomic E-state index is -0.136. The lowest BCUT2D eigenvalue weighted by Gasteiger charge is -2.18. The summed E-state index contributed by atoms with van der Waals surface area (Å²) in [6.07, 6.45) is 2.03. The van der Waals surface area contributed by atoms with Crippen LogP contribution in [0.15, 0.2) is 10.0 Å². The highest BCUT2D eigenvalue weighted by molar-refractivity contribution is 8.12. The molecule has 0 atom stereocenters. The lowest BCUT2D eigenvalue weighted by Crippen LogP contribution is -2.13. The third-order valence-electron chi connectivity index (χ3n) is 2.70. The van der Waals surface area contributed by atoms with Gasteiger partial charge in [-0.15, -0.1) is 0 Å². The minimum absolute atomic E-state index is 0.136. The molecular weight excluding hydrogens is 228 g/mol. The summed E-state index contributed by atoms with van der Waals surface area (Å²) < 4.78 is 0.563. The molecule has 15 heavy (non-hydrogen) atoms. The van der Waals surface area contributed by atoms with Crippen molar-refractivity contribution in [3.05, 3.63) is 15.8 Å². The molecule has 0 bridgehead atoms. The SMILES string of the molecule is N#Cc1n[nH]c2c(c1=S)C1(CC1)N=CS2. The molecule has 0 saturated heterocycles. The number of hydrogen-bond acceptors (Lipinski definition) is 5.